The van der Waals surface area contributed by atoms with Gasteiger partial charge in [-0.1, -0.05) is 79.7 Å². The minimum atomic E-state index is -0.767. The average molecular weight is 1110 g/mol. The lowest BCUT2D eigenvalue weighted by Crippen LogP contribution is -2.14. The van der Waals surface area contributed by atoms with Gasteiger partial charge in [-0.25, -0.2) is 19.2 Å². The molecule has 0 amide bonds. The highest BCUT2D eigenvalue weighted by Crippen LogP contribution is 2.42. The van der Waals surface area contributed by atoms with E-state index < -0.39 is 50.3 Å². The van der Waals surface area contributed by atoms with Crippen molar-refractivity contribution in [2.75, 3.05) is 52.9 Å². The smallest absolute Gasteiger partial charge is 0.336 e. The number of esters is 4. The third-order valence-corrected chi connectivity index (χ3v) is 13.1. The molecule has 432 valence electrons. The van der Waals surface area contributed by atoms with E-state index in [1.54, 1.807) is 0 Å². The molecule has 0 aliphatic heterocycles. The number of hydrogen-bond acceptors (Lipinski definition) is 16. The fraction of sp³-hybridized carbons (Fsp3) is 0.438. The molecule has 80 heavy (non-hydrogen) atoms. The van der Waals surface area contributed by atoms with Crippen molar-refractivity contribution in [3.05, 3.63) is 164 Å². The van der Waals surface area contributed by atoms with Crippen LogP contribution in [0.1, 0.15) is 146 Å². The van der Waals surface area contributed by atoms with Crippen molar-refractivity contribution >= 4 is 23.9 Å². The number of unbranched alkanes of at least 4 members (excludes halogenated alkanes) is 4. The van der Waals surface area contributed by atoms with Crippen LogP contribution in [0.25, 0.3) is 0 Å². The second-order valence-corrected chi connectivity index (χ2v) is 19.8. The minimum Gasteiger partial charge on any atom is -0.493 e. The zero-order valence-electron chi connectivity index (χ0n) is 47.1. The summed E-state index contributed by atoms with van der Waals surface area (Å²) in [5, 5.41) is 39.0. The third kappa shape index (κ3) is 18.4. The van der Waals surface area contributed by atoms with E-state index in [9.17, 15) is 39.6 Å². The predicted molar refractivity (Wildman–Crippen MR) is 303 cm³/mol. The Balaban J connectivity index is 1.97. The third-order valence-electron chi connectivity index (χ3n) is 13.1. The van der Waals surface area contributed by atoms with E-state index in [0.29, 0.717) is 116 Å². The van der Waals surface area contributed by atoms with E-state index >= 15 is 0 Å². The van der Waals surface area contributed by atoms with Gasteiger partial charge in [-0.05, 0) is 141 Å². The summed E-state index contributed by atoms with van der Waals surface area (Å²) in [6, 6.07) is 15.3. The molecule has 4 aromatic rings. The summed E-state index contributed by atoms with van der Waals surface area (Å²) >= 11 is 0. The summed E-state index contributed by atoms with van der Waals surface area (Å²) in [6.45, 7) is 21.2. The van der Waals surface area contributed by atoms with Gasteiger partial charge in [0.25, 0.3) is 0 Å². The maximum Gasteiger partial charge on any atom is 0.336 e. The number of aliphatic hydroxyl groups excluding tert-OH is 4. The number of rotatable bonds is 32. The van der Waals surface area contributed by atoms with E-state index in [2.05, 4.69) is 54.0 Å². The molecule has 0 heterocycles. The van der Waals surface area contributed by atoms with Crippen LogP contribution in [0.5, 0.6) is 23.0 Å². The van der Waals surface area contributed by atoms with Gasteiger partial charge in [0.15, 0.2) is 0 Å². The van der Waals surface area contributed by atoms with Gasteiger partial charge >= 0.3 is 23.9 Å². The molecule has 0 radical (unpaired) electrons. The predicted octanol–water partition coefficient (Wildman–Crippen LogP) is 9.45. The van der Waals surface area contributed by atoms with Crippen LogP contribution in [0.2, 0.25) is 0 Å². The molecule has 4 aromatic carbocycles. The highest BCUT2D eigenvalue weighted by atomic mass is 16.5. The lowest BCUT2D eigenvalue weighted by atomic mass is 9.88. The molecular formula is C64H80O16. The Morgan fingerprint density at radius 3 is 0.675 bits per heavy atom. The van der Waals surface area contributed by atoms with Gasteiger partial charge in [-0.15, -0.1) is 0 Å². The Hall–Kier alpha value is -7.24. The Morgan fingerprint density at radius 1 is 0.350 bits per heavy atom. The van der Waals surface area contributed by atoms with Gasteiger partial charge in [-0.3, -0.25) is 0 Å². The van der Waals surface area contributed by atoms with Gasteiger partial charge in [0.2, 0.25) is 0 Å². The fourth-order valence-electron chi connectivity index (χ4n) is 8.79. The Kier molecular flexibility index (Phi) is 26.0. The monoisotopic (exact) mass is 1100 g/mol. The molecule has 16 heteroatoms. The van der Waals surface area contributed by atoms with Crippen molar-refractivity contribution in [2.24, 2.45) is 0 Å². The molecule has 0 saturated carbocycles. The van der Waals surface area contributed by atoms with Crippen LogP contribution in [-0.2, 0) is 90.2 Å². The summed E-state index contributed by atoms with van der Waals surface area (Å²) < 4.78 is 50.4. The number of aliphatic hydroxyl groups is 4. The zero-order chi connectivity index (χ0) is 58.1. The maximum absolute atomic E-state index is 13.1. The molecule has 16 nitrogen and oxygen atoms in total. The van der Waals surface area contributed by atoms with Crippen molar-refractivity contribution in [1.29, 1.82) is 0 Å². The number of fused-ring (bicyclic) bond motifs is 8. The van der Waals surface area contributed by atoms with Crippen LogP contribution in [0, 0.1) is 0 Å². The lowest BCUT2D eigenvalue weighted by molar-refractivity contribution is -0.141. The van der Waals surface area contributed by atoms with Gasteiger partial charge in [-0.2, -0.15) is 0 Å². The zero-order valence-corrected chi connectivity index (χ0v) is 47.1. The van der Waals surface area contributed by atoms with Crippen molar-refractivity contribution in [3.63, 3.8) is 0 Å². The normalized spacial score (nSPS) is 11.7. The van der Waals surface area contributed by atoms with Gasteiger partial charge in [0.05, 0.1) is 75.1 Å². The van der Waals surface area contributed by atoms with Crippen molar-refractivity contribution in [3.8, 4) is 23.0 Å². The molecule has 4 N–H and O–H groups in total. The minimum absolute atomic E-state index is 0.112. The number of hydrogen-bond donors (Lipinski definition) is 4. The van der Waals surface area contributed by atoms with Crippen molar-refractivity contribution < 1.29 is 77.5 Å². The number of ether oxygens (including phenoxy) is 8. The van der Waals surface area contributed by atoms with Crippen LogP contribution >= 0.6 is 0 Å². The molecule has 8 bridgehead atoms. The first-order valence-electron chi connectivity index (χ1n) is 27.5. The maximum atomic E-state index is 13.1. The molecule has 0 unspecified atom stereocenters. The number of carbonyl (C=O) groups is 4. The van der Waals surface area contributed by atoms with Gasteiger partial charge in [0, 0.05) is 25.7 Å². The summed E-state index contributed by atoms with van der Waals surface area (Å²) in [7, 11) is 0. The summed E-state index contributed by atoms with van der Waals surface area (Å²) in [5.74, 6) is -0.812. The van der Waals surface area contributed by atoms with Crippen LogP contribution in [0.15, 0.2) is 97.1 Å². The molecule has 0 saturated heterocycles. The second-order valence-electron chi connectivity index (χ2n) is 19.8. The van der Waals surface area contributed by atoms with Crippen LogP contribution in [0.3, 0.4) is 0 Å². The summed E-state index contributed by atoms with van der Waals surface area (Å²) in [4.78, 5) is 52.3. The average Bonchev–Trinajstić information content (AvgIpc) is 3.45. The van der Waals surface area contributed by atoms with Crippen LogP contribution in [0.4, 0.5) is 0 Å². The SMILES string of the molecule is C=C(CO)C(=O)OCc1cc2c(OCCCC)c(c1)Cc1cc(COC(=O)C(=C)CO)cc(c1OCCCC)Cc1cc(COC(=O)C(=C)CO)cc(c1OCCCC)Cc1cc(COC(=O)C(=C)CO)cc(c1OCCCC)C2. The Labute approximate surface area is 470 Å². The first-order chi connectivity index (χ1) is 38.6. The van der Waals surface area contributed by atoms with E-state index in [-0.39, 0.29) is 74.4 Å². The van der Waals surface area contributed by atoms with Gasteiger partial charge in [0.1, 0.15) is 49.4 Å². The number of carbonyl (C=O) groups excluding carboxylic acids is 4. The molecule has 0 spiro atoms. The van der Waals surface area contributed by atoms with E-state index in [1.807, 2.05) is 48.5 Å². The van der Waals surface area contributed by atoms with Crippen molar-refractivity contribution in [1.82, 2.24) is 0 Å². The number of benzene rings is 4. The Morgan fingerprint density at radius 2 is 0.525 bits per heavy atom. The quantitative estimate of drug-likeness (QED) is 0.0136. The highest BCUT2D eigenvalue weighted by Gasteiger charge is 2.26. The van der Waals surface area contributed by atoms with E-state index in [1.165, 1.54) is 0 Å². The molecule has 0 aromatic heterocycles. The standard InChI is InChI=1S/C64H80O16/c1-9-13-17-73-57-49-21-45(37-77-61(69)41(5)33-65)22-50(57)30-52-24-47(39-79-63(71)43(7)35-67)26-54(59(52)75-19-15-11-3)32-56-28-48(40-80-64(72)44(8)36-68)27-55(60(56)76-20-16-12-4)31-53-25-46(38-78-62(70)42(6)34-66)23-51(29-49)58(53)74-18-14-10-2/h21-28,65-68H,5-20,29-40H2,1-4H3. The largest absolute Gasteiger partial charge is 0.493 e. The highest BCUT2D eigenvalue weighted by molar-refractivity contribution is 5.89. The summed E-state index contributed by atoms with van der Waals surface area (Å²) in [5.41, 5.74) is 7.55. The fourth-order valence-corrected chi connectivity index (χ4v) is 8.79. The molecule has 0 atom stereocenters. The second kappa shape index (κ2) is 32.7. The Bertz CT molecular complexity index is 2370. The van der Waals surface area contributed by atoms with Crippen molar-refractivity contribution in [2.45, 2.75) is 131 Å². The van der Waals surface area contributed by atoms with Crippen LogP contribution < -0.4 is 18.9 Å². The topological polar surface area (TPSA) is 223 Å². The first kappa shape index (κ1) is 63.6. The molecule has 5 rings (SSSR count). The molecule has 0 fully saturated rings. The molecule has 1 aliphatic rings. The van der Waals surface area contributed by atoms with E-state index in [4.69, 9.17) is 37.9 Å². The van der Waals surface area contributed by atoms with Gasteiger partial charge < -0.3 is 58.3 Å². The lowest BCUT2D eigenvalue weighted by Gasteiger charge is -2.25. The molecule has 1 aliphatic carbocycles. The first-order valence-corrected chi connectivity index (χ1v) is 27.5. The molecular weight excluding hydrogens is 1020 g/mol. The summed E-state index contributed by atoms with van der Waals surface area (Å²) in [6.07, 6.45) is 7.00. The van der Waals surface area contributed by atoms with E-state index in [0.717, 1.165) is 51.4 Å². The van der Waals surface area contributed by atoms with Crippen LogP contribution in [-0.4, -0.2) is 97.2 Å².